The number of halogens is 2. The van der Waals surface area contributed by atoms with Gasteiger partial charge in [0, 0.05) is 31.8 Å². The first-order chi connectivity index (χ1) is 12.2. The Kier molecular flexibility index (Phi) is 4.13. The summed E-state index contributed by atoms with van der Waals surface area (Å²) in [6.45, 7) is 0.697. The molecular weight excluding hydrogens is 343 g/mol. The molecule has 1 amide bonds. The van der Waals surface area contributed by atoms with Gasteiger partial charge in [-0.25, -0.2) is 9.50 Å². The molecule has 0 bridgehead atoms. The van der Waals surface area contributed by atoms with Crippen LogP contribution in [0.1, 0.15) is 27.2 Å². The molecule has 0 radical (unpaired) electrons. The molecule has 0 N–H and O–H groups in total. The minimum atomic E-state index is -0.400. The molecular formula is C18H16ClFN4O. The summed E-state index contributed by atoms with van der Waals surface area (Å²) < 4.78 is 14.3. The van der Waals surface area contributed by atoms with E-state index in [-0.39, 0.29) is 5.91 Å². The number of hydrogen-bond donors (Lipinski definition) is 0. The summed E-state index contributed by atoms with van der Waals surface area (Å²) in [4.78, 5) is 18.8. The fourth-order valence-corrected chi connectivity index (χ4v) is 3.42. The van der Waals surface area contributed by atoms with Gasteiger partial charge in [-0.05, 0) is 23.1 Å². The largest absolute Gasteiger partial charge is 0.333 e. The van der Waals surface area contributed by atoms with E-state index in [1.807, 2.05) is 12.1 Å². The van der Waals surface area contributed by atoms with Crippen molar-refractivity contribution in [2.75, 3.05) is 13.2 Å². The van der Waals surface area contributed by atoms with Gasteiger partial charge < -0.3 is 4.90 Å². The highest BCUT2D eigenvalue weighted by molar-refractivity contribution is 6.30. The second-order valence-electron chi connectivity index (χ2n) is 6.08. The Labute approximate surface area is 149 Å². The molecule has 1 aliphatic rings. The number of amides is 1. The molecule has 2 aromatic heterocycles. The van der Waals surface area contributed by atoms with Gasteiger partial charge in [0.2, 0.25) is 0 Å². The monoisotopic (exact) mass is 358 g/mol. The van der Waals surface area contributed by atoms with Crippen LogP contribution in [-0.2, 0) is 19.4 Å². The van der Waals surface area contributed by atoms with Crippen molar-refractivity contribution in [1.29, 1.82) is 0 Å². The first kappa shape index (κ1) is 16.0. The third kappa shape index (κ3) is 2.98. The zero-order valence-corrected chi connectivity index (χ0v) is 14.2. The average Bonchev–Trinajstić information content (AvgIpc) is 3.04. The van der Waals surface area contributed by atoms with Gasteiger partial charge in [0.1, 0.15) is 0 Å². The lowest BCUT2D eigenvalue weighted by atomic mass is 9.93. The number of rotatable bonds is 3. The lowest BCUT2D eigenvalue weighted by molar-refractivity contribution is 0.0728. The van der Waals surface area contributed by atoms with Crippen molar-refractivity contribution >= 4 is 23.2 Å². The molecule has 7 heteroatoms. The second-order valence-corrected chi connectivity index (χ2v) is 6.51. The number of nitrogens with zero attached hydrogens (tertiary/aromatic N) is 4. The molecule has 25 heavy (non-hydrogen) atoms. The number of aryl methyl sites for hydroxylation is 1. The van der Waals surface area contributed by atoms with Crippen LogP contribution in [0.5, 0.6) is 0 Å². The van der Waals surface area contributed by atoms with Crippen LogP contribution in [0.15, 0.2) is 36.7 Å². The average molecular weight is 359 g/mol. The highest BCUT2D eigenvalue weighted by Gasteiger charge is 2.25. The number of alkyl halides is 1. The number of hydrogen-bond acceptors (Lipinski definition) is 3. The summed E-state index contributed by atoms with van der Waals surface area (Å²) in [5.41, 5.74) is 4.13. The van der Waals surface area contributed by atoms with Crippen LogP contribution in [0, 0.1) is 0 Å². The fraction of sp³-hybridized carbons (Fsp3) is 0.278. The molecule has 0 atom stereocenters. The SMILES string of the molecule is O=C(c1cc2ncc(Cl)cn2n1)N1CCc2cccc(CCF)c2C1. The van der Waals surface area contributed by atoms with Crippen LogP contribution in [0.2, 0.25) is 5.02 Å². The minimum absolute atomic E-state index is 0.151. The number of aromatic nitrogens is 3. The van der Waals surface area contributed by atoms with Gasteiger partial charge in [-0.15, -0.1) is 0 Å². The molecule has 0 aliphatic carbocycles. The molecule has 128 valence electrons. The summed E-state index contributed by atoms with van der Waals surface area (Å²) >= 11 is 5.91. The van der Waals surface area contributed by atoms with Crippen LogP contribution in [0.3, 0.4) is 0 Å². The molecule has 3 heterocycles. The molecule has 3 aromatic rings. The van der Waals surface area contributed by atoms with Crippen molar-refractivity contribution in [1.82, 2.24) is 19.5 Å². The van der Waals surface area contributed by atoms with Crippen LogP contribution < -0.4 is 0 Å². The second kappa shape index (κ2) is 6.44. The van der Waals surface area contributed by atoms with Crippen molar-refractivity contribution in [2.24, 2.45) is 0 Å². The van der Waals surface area contributed by atoms with E-state index in [9.17, 15) is 9.18 Å². The van der Waals surface area contributed by atoms with E-state index in [1.54, 1.807) is 17.2 Å². The normalized spacial score (nSPS) is 13.9. The summed E-state index contributed by atoms with van der Waals surface area (Å²) in [7, 11) is 0. The molecule has 1 aromatic carbocycles. The maximum Gasteiger partial charge on any atom is 0.274 e. The summed E-state index contributed by atoms with van der Waals surface area (Å²) in [5, 5.41) is 4.74. The van der Waals surface area contributed by atoms with Crippen molar-refractivity contribution in [3.63, 3.8) is 0 Å². The Morgan fingerprint density at radius 2 is 2.24 bits per heavy atom. The van der Waals surface area contributed by atoms with Crippen LogP contribution in [0.25, 0.3) is 5.65 Å². The fourth-order valence-electron chi connectivity index (χ4n) is 3.28. The van der Waals surface area contributed by atoms with Gasteiger partial charge in [0.25, 0.3) is 5.91 Å². The quantitative estimate of drug-likeness (QED) is 0.723. The van der Waals surface area contributed by atoms with Gasteiger partial charge in [-0.3, -0.25) is 9.18 Å². The van der Waals surface area contributed by atoms with Crippen LogP contribution in [0.4, 0.5) is 4.39 Å². The Balaban J connectivity index is 1.63. The molecule has 0 spiro atoms. The first-order valence-electron chi connectivity index (χ1n) is 8.11. The van der Waals surface area contributed by atoms with Crippen molar-refractivity contribution in [2.45, 2.75) is 19.4 Å². The Hall–Kier alpha value is -2.47. The summed E-state index contributed by atoms with van der Waals surface area (Å²) in [6, 6.07) is 7.60. The van der Waals surface area contributed by atoms with E-state index in [0.717, 1.165) is 17.5 Å². The molecule has 4 rings (SSSR count). The van der Waals surface area contributed by atoms with Crippen molar-refractivity contribution in [3.05, 3.63) is 64.1 Å². The molecule has 0 unspecified atom stereocenters. The number of benzene rings is 1. The zero-order chi connectivity index (χ0) is 17.4. The maximum atomic E-state index is 12.8. The maximum absolute atomic E-state index is 12.8. The zero-order valence-electron chi connectivity index (χ0n) is 13.5. The Morgan fingerprint density at radius 1 is 1.36 bits per heavy atom. The van der Waals surface area contributed by atoms with E-state index >= 15 is 0 Å². The third-order valence-corrected chi connectivity index (χ3v) is 4.72. The van der Waals surface area contributed by atoms with Gasteiger partial charge in [-0.1, -0.05) is 29.8 Å². The van der Waals surface area contributed by atoms with E-state index in [0.29, 0.717) is 35.9 Å². The molecule has 5 nitrogen and oxygen atoms in total. The third-order valence-electron chi connectivity index (χ3n) is 4.52. The van der Waals surface area contributed by atoms with E-state index in [4.69, 9.17) is 11.6 Å². The van der Waals surface area contributed by atoms with Crippen molar-refractivity contribution in [3.8, 4) is 0 Å². The lowest BCUT2D eigenvalue weighted by Crippen LogP contribution is -2.36. The van der Waals surface area contributed by atoms with Crippen LogP contribution >= 0.6 is 11.6 Å². The Bertz CT molecular complexity index is 955. The van der Waals surface area contributed by atoms with Gasteiger partial charge in [0.15, 0.2) is 11.3 Å². The summed E-state index contributed by atoms with van der Waals surface area (Å²) in [5.74, 6) is -0.151. The van der Waals surface area contributed by atoms with E-state index in [2.05, 4.69) is 16.1 Å². The van der Waals surface area contributed by atoms with Crippen LogP contribution in [-0.4, -0.2) is 38.6 Å². The summed E-state index contributed by atoms with van der Waals surface area (Å²) in [6.07, 6.45) is 4.28. The highest BCUT2D eigenvalue weighted by atomic mass is 35.5. The molecule has 0 fully saturated rings. The topological polar surface area (TPSA) is 50.5 Å². The number of carbonyl (C=O) groups excluding carboxylic acids is 1. The van der Waals surface area contributed by atoms with Crippen molar-refractivity contribution < 1.29 is 9.18 Å². The Morgan fingerprint density at radius 3 is 3.08 bits per heavy atom. The lowest BCUT2D eigenvalue weighted by Gasteiger charge is -2.29. The van der Waals surface area contributed by atoms with E-state index in [1.165, 1.54) is 16.3 Å². The molecule has 0 saturated carbocycles. The van der Waals surface area contributed by atoms with Gasteiger partial charge >= 0.3 is 0 Å². The molecule has 1 aliphatic heterocycles. The predicted octanol–water partition coefficient (Wildman–Crippen LogP) is 3.09. The van der Waals surface area contributed by atoms with Gasteiger partial charge in [-0.2, -0.15) is 5.10 Å². The standard InChI is InChI=1S/C18H16ClFN4O/c19-14-9-21-17-8-16(22-24(17)10-14)18(25)23-7-5-13-3-1-2-12(4-6-20)15(13)11-23/h1-3,8-10H,4-7,11H2. The predicted molar refractivity (Wildman–Crippen MR) is 92.6 cm³/mol. The first-order valence-corrected chi connectivity index (χ1v) is 8.49. The highest BCUT2D eigenvalue weighted by Crippen LogP contribution is 2.24. The van der Waals surface area contributed by atoms with Gasteiger partial charge in [0.05, 0.1) is 17.9 Å². The smallest absolute Gasteiger partial charge is 0.274 e. The molecule has 0 saturated heterocycles. The number of fused-ring (bicyclic) bond motifs is 2. The minimum Gasteiger partial charge on any atom is -0.333 e. The number of carbonyl (C=O) groups is 1. The van der Waals surface area contributed by atoms with E-state index < -0.39 is 6.67 Å².